The van der Waals surface area contributed by atoms with E-state index in [1.54, 1.807) is 24.3 Å². The molecule has 0 saturated carbocycles. The van der Waals surface area contributed by atoms with Crippen LogP contribution in [-0.4, -0.2) is 25.7 Å². The Balaban J connectivity index is 2.81. The highest BCUT2D eigenvalue weighted by Gasteiger charge is 2.19. The van der Waals surface area contributed by atoms with Gasteiger partial charge in [-0.2, -0.15) is 0 Å². The van der Waals surface area contributed by atoms with Gasteiger partial charge in [-0.25, -0.2) is 4.39 Å². The zero-order valence-electron chi connectivity index (χ0n) is 9.94. The van der Waals surface area contributed by atoms with Crippen molar-refractivity contribution in [1.82, 2.24) is 0 Å². The summed E-state index contributed by atoms with van der Waals surface area (Å²) in [4.78, 5) is 10.8. The molecule has 4 nitrogen and oxygen atoms in total. The lowest BCUT2D eigenvalue weighted by atomic mass is 10.0. The van der Waals surface area contributed by atoms with Crippen molar-refractivity contribution >= 4 is 11.6 Å². The summed E-state index contributed by atoms with van der Waals surface area (Å²) in [6.45, 7) is 0.789. The van der Waals surface area contributed by atoms with Crippen molar-refractivity contribution < 1.29 is 13.9 Å². The summed E-state index contributed by atoms with van der Waals surface area (Å²) in [6.07, 6.45) is -0.480. The molecular formula is C12H17FN2O2. The molecule has 0 spiro atoms. The van der Waals surface area contributed by atoms with Gasteiger partial charge in [-0.15, -0.1) is 0 Å². The van der Waals surface area contributed by atoms with Gasteiger partial charge in [-0.05, 0) is 17.7 Å². The van der Waals surface area contributed by atoms with Crippen LogP contribution in [-0.2, 0) is 9.53 Å². The van der Waals surface area contributed by atoms with Crippen molar-refractivity contribution in [2.75, 3.05) is 19.1 Å². The Morgan fingerprint density at radius 2 is 2.06 bits per heavy atom. The zero-order chi connectivity index (χ0) is 12.8. The van der Waals surface area contributed by atoms with E-state index >= 15 is 0 Å². The Morgan fingerprint density at radius 1 is 1.47 bits per heavy atom. The molecule has 1 rings (SSSR count). The highest BCUT2D eigenvalue weighted by Crippen LogP contribution is 2.21. The highest BCUT2D eigenvalue weighted by atomic mass is 19.1. The zero-order valence-corrected chi connectivity index (χ0v) is 9.94. The lowest BCUT2D eigenvalue weighted by molar-refractivity contribution is -0.114. The van der Waals surface area contributed by atoms with Gasteiger partial charge < -0.3 is 15.8 Å². The van der Waals surface area contributed by atoms with E-state index in [0.29, 0.717) is 5.69 Å². The number of anilines is 1. The fraction of sp³-hybridized carbons (Fsp3) is 0.417. The van der Waals surface area contributed by atoms with Crippen LogP contribution < -0.4 is 11.1 Å². The number of rotatable bonds is 5. The maximum absolute atomic E-state index is 12.5. The third kappa shape index (κ3) is 3.80. The van der Waals surface area contributed by atoms with Crippen LogP contribution in [0.4, 0.5) is 10.1 Å². The van der Waals surface area contributed by atoms with Gasteiger partial charge >= 0.3 is 0 Å². The number of hydrogen-bond acceptors (Lipinski definition) is 3. The third-order valence-electron chi connectivity index (χ3n) is 2.38. The lowest BCUT2D eigenvalue weighted by Gasteiger charge is -2.20. The molecule has 5 heteroatoms. The number of carbonyl (C=O) groups excluding carboxylic acids is 1. The third-order valence-corrected chi connectivity index (χ3v) is 2.38. The smallest absolute Gasteiger partial charge is 0.221 e. The van der Waals surface area contributed by atoms with Crippen LogP contribution in [0.3, 0.4) is 0 Å². The number of hydrogen-bond donors (Lipinski definition) is 2. The summed E-state index contributed by atoms with van der Waals surface area (Å²) >= 11 is 0. The fourth-order valence-corrected chi connectivity index (χ4v) is 1.60. The standard InChI is InChI=1S/C12H17FN2O2/c1-8(16)15-10-5-3-9(4-6-10)12(17-2)11(14)7-13/h3-6,11-12H,7,14H2,1-2H3,(H,15,16). The van der Waals surface area contributed by atoms with E-state index in [9.17, 15) is 9.18 Å². The Labute approximate surface area is 100.0 Å². The van der Waals surface area contributed by atoms with Crippen LogP contribution in [0.5, 0.6) is 0 Å². The van der Waals surface area contributed by atoms with Crippen molar-refractivity contribution in [3.05, 3.63) is 29.8 Å². The Hall–Kier alpha value is -1.46. The summed E-state index contributed by atoms with van der Waals surface area (Å²) < 4.78 is 17.7. The van der Waals surface area contributed by atoms with Gasteiger partial charge in [0, 0.05) is 19.7 Å². The number of nitrogens with one attached hydrogen (secondary N) is 1. The molecule has 0 heterocycles. The molecule has 1 aromatic carbocycles. The predicted molar refractivity (Wildman–Crippen MR) is 64.4 cm³/mol. The first kappa shape index (κ1) is 13.6. The molecule has 0 saturated heterocycles. The number of ether oxygens (including phenoxy) is 1. The first-order valence-corrected chi connectivity index (χ1v) is 5.30. The maximum Gasteiger partial charge on any atom is 0.221 e. The molecule has 1 amide bonds. The van der Waals surface area contributed by atoms with Gasteiger partial charge in [0.2, 0.25) is 5.91 Å². The molecule has 0 aliphatic rings. The van der Waals surface area contributed by atoms with E-state index in [-0.39, 0.29) is 5.91 Å². The number of methoxy groups -OCH3 is 1. The van der Waals surface area contributed by atoms with E-state index in [1.807, 2.05) is 0 Å². The second-order valence-electron chi connectivity index (χ2n) is 3.78. The van der Waals surface area contributed by atoms with Crippen LogP contribution in [0.1, 0.15) is 18.6 Å². The highest BCUT2D eigenvalue weighted by molar-refractivity contribution is 5.88. The first-order valence-electron chi connectivity index (χ1n) is 5.30. The largest absolute Gasteiger partial charge is 0.375 e. The molecule has 0 aliphatic carbocycles. The average Bonchev–Trinajstić information content (AvgIpc) is 2.31. The van der Waals surface area contributed by atoms with Crippen LogP contribution in [0, 0.1) is 0 Å². The number of nitrogens with two attached hydrogens (primary N) is 1. The van der Waals surface area contributed by atoms with Gasteiger partial charge in [0.25, 0.3) is 0 Å². The van der Waals surface area contributed by atoms with Crippen molar-refractivity contribution in [1.29, 1.82) is 0 Å². The van der Waals surface area contributed by atoms with Gasteiger partial charge in [-0.3, -0.25) is 4.79 Å². The van der Waals surface area contributed by atoms with E-state index in [2.05, 4.69) is 5.32 Å². The second kappa shape index (κ2) is 6.32. The van der Waals surface area contributed by atoms with Gasteiger partial charge in [0.15, 0.2) is 0 Å². The molecule has 2 atom stereocenters. The number of alkyl halides is 1. The quantitative estimate of drug-likeness (QED) is 0.822. The van der Waals surface area contributed by atoms with Gasteiger partial charge in [-0.1, -0.05) is 12.1 Å². The van der Waals surface area contributed by atoms with E-state index < -0.39 is 18.8 Å². The minimum Gasteiger partial charge on any atom is -0.375 e. The van der Waals surface area contributed by atoms with Gasteiger partial charge in [0.05, 0.1) is 12.1 Å². The molecule has 17 heavy (non-hydrogen) atoms. The molecular weight excluding hydrogens is 223 g/mol. The molecule has 0 fully saturated rings. The molecule has 0 radical (unpaired) electrons. The van der Waals surface area contributed by atoms with Crippen LogP contribution in [0.2, 0.25) is 0 Å². The normalized spacial score (nSPS) is 14.1. The lowest BCUT2D eigenvalue weighted by Crippen LogP contribution is -2.31. The van der Waals surface area contributed by atoms with E-state index in [1.165, 1.54) is 14.0 Å². The molecule has 1 aromatic rings. The number of benzene rings is 1. The fourth-order valence-electron chi connectivity index (χ4n) is 1.60. The van der Waals surface area contributed by atoms with E-state index in [0.717, 1.165) is 5.56 Å². The van der Waals surface area contributed by atoms with Crippen molar-refractivity contribution in [3.8, 4) is 0 Å². The molecule has 2 unspecified atom stereocenters. The molecule has 0 bridgehead atoms. The second-order valence-corrected chi connectivity index (χ2v) is 3.78. The first-order chi connectivity index (χ1) is 8.08. The summed E-state index contributed by atoms with van der Waals surface area (Å²) in [5.74, 6) is -0.137. The molecule has 0 aromatic heterocycles. The Kier molecular flexibility index (Phi) is 5.06. The molecule has 94 valence electrons. The minimum absolute atomic E-state index is 0.137. The molecule has 0 aliphatic heterocycles. The monoisotopic (exact) mass is 240 g/mol. The number of amides is 1. The van der Waals surface area contributed by atoms with Crippen LogP contribution in [0.25, 0.3) is 0 Å². The Morgan fingerprint density at radius 3 is 2.47 bits per heavy atom. The van der Waals surface area contributed by atoms with E-state index in [4.69, 9.17) is 10.5 Å². The van der Waals surface area contributed by atoms with Crippen LogP contribution in [0.15, 0.2) is 24.3 Å². The van der Waals surface area contributed by atoms with Crippen molar-refractivity contribution in [2.45, 2.75) is 19.1 Å². The Bertz CT molecular complexity index is 367. The summed E-state index contributed by atoms with van der Waals surface area (Å²) in [5.41, 5.74) is 7.08. The van der Waals surface area contributed by atoms with Crippen LogP contribution >= 0.6 is 0 Å². The topological polar surface area (TPSA) is 64.3 Å². The van der Waals surface area contributed by atoms with Crippen molar-refractivity contribution in [3.63, 3.8) is 0 Å². The SMILES string of the molecule is COC(c1ccc(NC(C)=O)cc1)C(N)CF. The molecule has 3 N–H and O–H groups in total. The predicted octanol–water partition coefficient (Wildman–Crippen LogP) is 1.63. The summed E-state index contributed by atoms with van der Waals surface area (Å²) in [6, 6.07) is 6.29. The van der Waals surface area contributed by atoms with Gasteiger partial charge in [0.1, 0.15) is 6.67 Å². The minimum atomic E-state index is -0.688. The average molecular weight is 240 g/mol. The number of carbonyl (C=O) groups is 1. The summed E-state index contributed by atoms with van der Waals surface area (Å²) in [7, 11) is 1.49. The summed E-state index contributed by atoms with van der Waals surface area (Å²) in [5, 5.41) is 2.65. The van der Waals surface area contributed by atoms with Crippen molar-refractivity contribution in [2.24, 2.45) is 5.73 Å². The number of halogens is 1. The maximum atomic E-state index is 12.5.